The van der Waals surface area contributed by atoms with E-state index in [2.05, 4.69) is 5.92 Å². The van der Waals surface area contributed by atoms with Crippen LogP contribution < -0.4 is 9.47 Å². The summed E-state index contributed by atoms with van der Waals surface area (Å²) in [6.07, 6.45) is 4.67. The molecule has 0 radical (unpaired) electrons. The molecule has 1 rings (SSSR count). The molecule has 0 amide bonds. The first-order valence-electron chi connectivity index (χ1n) is 6.22. The van der Waals surface area contributed by atoms with Crippen molar-refractivity contribution in [2.45, 2.75) is 26.9 Å². The van der Waals surface area contributed by atoms with Gasteiger partial charge in [-0.1, -0.05) is 5.92 Å². The van der Waals surface area contributed by atoms with Crippen molar-refractivity contribution in [2.24, 2.45) is 5.41 Å². The van der Waals surface area contributed by atoms with Crippen LogP contribution in [0, 0.1) is 17.8 Å². The minimum Gasteiger partial charge on any atom is -0.497 e. The summed E-state index contributed by atoms with van der Waals surface area (Å²) in [5.74, 6) is 3.27. The Labute approximate surface area is 120 Å². The van der Waals surface area contributed by atoms with Gasteiger partial charge in [0.15, 0.2) is 6.10 Å². The SMILES string of the molecule is C#CC(OC(=O)C(C)(C)C)c1cc(OC)ccc1OC. The fourth-order valence-corrected chi connectivity index (χ4v) is 1.52. The Morgan fingerprint density at radius 1 is 1.25 bits per heavy atom. The summed E-state index contributed by atoms with van der Waals surface area (Å²) in [6, 6.07) is 5.18. The number of methoxy groups -OCH3 is 2. The Bertz CT molecular complexity index is 520. The molecule has 0 aromatic heterocycles. The summed E-state index contributed by atoms with van der Waals surface area (Å²) in [6.45, 7) is 5.31. The molecule has 1 aromatic carbocycles. The topological polar surface area (TPSA) is 44.8 Å². The average molecular weight is 276 g/mol. The molecule has 4 nitrogen and oxygen atoms in total. The third-order valence-electron chi connectivity index (χ3n) is 2.71. The van der Waals surface area contributed by atoms with Crippen molar-refractivity contribution in [1.29, 1.82) is 0 Å². The van der Waals surface area contributed by atoms with Gasteiger partial charge in [0.1, 0.15) is 11.5 Å². The van der Waals surface area contributed by atoms with Gasteiger partial charge in [0.2, 0.25) is 0 Å². The second-order valence-electron chi connectivity index (χ2n) is 5.31. The molecule has 0 N–H and O–H groups in total. The summed E-state index contributed by atoms with van der Waals surface area (Å²) in [5.41, 5.74) is -0.0340. The molecule has 4 heteroatoms. The number of terminal acetylenes is 1. The summed E-state index contributed by atoms with van der Waals surface area (Å²) in [5, 5.41) is 0. The molecule has 0 heterocycles. The first-order valence-corrected chi connectivity index (χ1v) is 6.22. The molecular weight excluding hydrogens is 256 g/mol. The van der Waals surface area contributed by atoms with Gasteiger partial charge in [0.25, 0.3) is 0 Å². The molecule has 1 atom stereocenters. The van der Waals surface area contributed by atoms with Gasteiger partial charge in [-0.15, -0.1) is 6.42 Å². The molecule has 0 saturated carbocycles. The lowest BCUT2D eigenvalue weighted by Crippen LogP contribution is -2.24. The van der Waals surface area contributed by atoms with E-state index >= 15 is 0 Å². The molecule has 0 bridgehead atoms. The predicted molar refractivity (Wildman–Crippen MR) is 76.7 cm³/mol. The highest BCUT2D eigenvalue weighted by molar-refractivity contribution is 5.76. The van der Waals surface area contributed by atoms with Crippen molar-refractivity contribution in [3.63, 3.8) is 0 Å². The molecule has 0 spiro atoms. The number of carbonyl (C=O) groups excluding carboxylic acids is 1. The van der Waals surface area contributed by atoms with Crippen molar-refractivity contribution < 1.29 is 19.0 Å². The minimum absolute atomic E-state index is 0.370. The quantitative estimate of drug-likeness (QED) is 0.626. The van der Waals surface area contributed by atoms with Crippen LogP contribution in [-0.2, 0) is 9.53 Å². The fraction of sp³-hybridized carbons (Fsp3) is 0.438. The Morgan fingerprint density at radius 3 is 2.35 bits per heavy atom. The lowest BCUT2D eigenvalue weighted by Gasteiger charge is -2.22. The van der Waals surface area contributed by atoms with Gasteiger partial charge in [0.05, 0.1) is 25.2 Å². The maximum atomic E-state index is 12.0. The van der Waals surface area contributed by atoms with Crippen LogP contribution in [0.4, 0.5) is 0 Å². The summed E-state index contributed by atoms with van der Waals surface area (Å²) in [7, 11) is 3.09. The summed E-state index contributed by atoms with van der Waals surface area (Å²) in [4.78, 5) is 12.0. The number of hydrogen-bond acceptors (Lipinski definition) is 4. The Kier molecular flexibility index (Phi) is 5.04. The van der Waals surface area contributed by atoms with Crippen molar-refractivity contribution in [2.75, 3.05) is 14.2 Å². The van der Waals surface area contributed by atoms with E-state index in [9.17, 15) is 4.79 Å². The first kappa shape index (κ1) is 15.9. The van der Waals surface area contributed by atoms with E-state index in [0.29, 0.717) is 17.1 Å². The molecule has 0 aliphatic rings. The van der Waals surface area contributed by atoms with Gasteiger partial charge in [-0.05, 0) is 39.0 Å². The van der Waals surface area contributed by atoms with Gasteiger partial charge in [-0.25, -0.2) is 0 Å². The zero-order valence-corrected chi connectivity index (χ0v) is 12.5. The van der Waals surface area contributed by atoms with Gasteiger partial charge < -0.3 is 14.2 Å². The number of hydrogen-bond donors (Lipinski definition) is 0. The van der Waals surface area contributed by atoms with Crippen LogP contribution in [0.2, 0.25) is 0 Å². The molecular formula is C16H20O4. The zero-order valence-electron chi connectivity index (χ0n) is 12.5. The monoisotopic (exact) mass is 276 g/mol. The van der Waals surface area contributed by atoms with Crippen LogP contribution >= 0.6 is 0 Å². The third kappa shape index (κ3) is 3.67. The van der Waals surface area contributed by atoms with Crippen molar-refractivity contribution in [1.82, 2.24) is 0 Å². The third-order valence-corrected chi connectivity index (χ3v) is 2.71. The second-order valence-corrected chi connectivity index (χ2v) is 5.31. The largest absolute Gasteiger partial charge is 0.497 e. The molecule has 0 aliphatic heterocycles. The normalized spacial score (nSPS) is 12.2. The lowest BCUT2D eigenvalue weighted by atomic mass is 9.97. The number of benzene rings is 1. The van der Waals surface area contributed by atoms with Crippen molar-refractivity contribution in [3.8, 4) is 23.8 Å². The van der Waals surface area contributed by atoms with E-state index in [1.165, 1.54) is 7.11 Å². The van der Waals surface area contributed by atoms with E-state index in [4.69, 9.17) is 20.6 Å². The molecule has 20 heavy (non-hydrogen) atoms. The number of carbonyl (C=O) groups is 1. The van der Waals surface area contributed by atoms with Crippen LogP contribution in [0.15, 0.2) is 18.2 Å². The Balaban J connectivity index is 3.12. The van der Waals surface area contributed by atoms with Crippen molar-refractivity contribution >= 4 is 5.97 Å². The Morgan fingerprint density at radius 2 is 1.90 bits per heavy atom. The van der Waals surface area contributed by atoms with Crippen LogP contribution in [-0.4, -0.2) is 20.2 Å². The number of esters is 1. The zero-order chi connectivity index (χ0) is 15.3. The number of ether oxygens (including phenoxy) is 3. The van der Waals surface area contributed by atoms with Crippen LogP contribution in [0.5, 0.6) is 11.5 Å². The van der Waals surface area contributed by atoms with E-state index in [1.807, 2.05) is 0 Å². The van der Waals surface area contributed by atoms with Crippen LogP contribution in [0.1, 0.15) is 32.4 Å². The molecule has 0 fully saturated rings. The van der Waals surface area contributed by atoms with Gasteiger partial charge in [0, 0.05) is 0 Å². The molecule has 1 unspecified atom stereocenters. The Hall–Kier alpha value is -2.15. The van der Waals surface area contributed by atoms with E-state index < -0.39 is 11.5 Å². The standard InChI is InChI=1S/C16H20O4/c1-7-13(20-15(17)16(2,3)4)12-10-11(18-5)8-9-14(12)19-6/h1,8-10,13H,2-6H3. The molecule has 0 saturated heterocycles. The van der Waals surface area contributed by atoms with Gasteiger partial charge in [-0.3, -0.25) is 4.79 Å². The molecule has 0 aliphatic carbocycles. The van der Waals surface area contributed by atoms with Crippen molar-refractivity contribution in [3.05, 3.63) is 23.8 Å². The maximum Gasteiger partial charge on any atom is 0.312 e. The van der Waals surface area contributed by atoms with E-state index in [1.54, 1.807) is 46.1 Å². The summed E-state index contributed by atoms with van der Waals surface area (Å²) < 4.78 is 15.8. The lowest BCUT2D eigenvalue weighted by molar-refractivity contribution is -0.156. The highest BCUT2D eigenvalue weighted by atomic mass is 16.5. The maximum absolute atomic E-state index is 12.0. The minimum atomic E-state index is -0.813. The number of rotatable bonds is 4. The average Bonchev–Trinajstić information content (AvgIpc) is 2.42. The van der Waals surface area contributed by atoms with E-state index in [-0.39, 0.29) is 5.97 Å². The smallest absolute Gasteiger partial charge is 0.312 e. The van der Waals surface area contributed by atoms with E-state index in [0.717, 1.165) is 0 Å². The van der Waals surface area contributed by atoms with Gasteiger partial charge in [-0.2, -0.15) is 0 Å². The summed E-state index contributed by atoms with van der Waals surface area (Å²) >= 11 is 0. The fourth-order valence-electron chi connectivity index (χ4n) is 1.52. The molecule has 1 aromatic rings. The highest BCUT2D eigenvalue weighted by Crippen LogP contribution is 2.32. The van der Waals surface area contributed by atoms with Gasteiger partial charge >= 0.3 is 5.97 Å². The molecule has 108 valence electrons. The van der Waals surface area contributed by atoms with Crippen LogP contribution in [0.25, 0.3) is 0 Å². The second kappa shape index (κ2) is 6.33. The first-order chi connectivity index (χ1) is 9.33. The van der Waals surface area contributed by atoms with Crippen LogP contribution in [0.3, 0.4) is 0 Å². The highest BCUT2D eigenvalue weighted by Gasteiger charge is 2.27. The predicted octanol–water partition coefficient (Wildman–Crippen LogP) is 2.97.